The van der Waals surface area contributed by atoms with Gasteiger partial charge in [-0.25, -0.2) is 17.5 Å². The molecule has 0 spiro atoms. The monoisotopic (exact) mass is 350 g/mol. The molecule has 0 bridgehead atoms. The highest BCUT2D eigenvalue weighted by atomic mass is 32.2. The molecule has 6 heteroatoms. The van der Waals surface area contributed by atoms with Gasteiger partial charge in [-0.3, -0.25) is 0 Å². The third kappa shape index (κ3) is 5.32. The lowest BCUT2D eigenvalue weighted by Crippen LogP contribution is -2.35. The zero-order chi connectivity index (χ0) is 17.6. The Hall–Kier alpha value is -1.92. The number of rotatable bonds is 8. The molecule has 0 aliphatic carbocycles. The highest BCUT2D eigenvalue weighted by Crippen LogP contribution is 2.15. The van der Waals surface area contributed by atoms with E-state index in [1.807, 2.05) is 32.0 Å². The van der Waals surface area contributed by atoms with E-state index in [-0.39, 0.29) is 17.9 Å². The molecule has 0 unspecified atom stereocenters. The van der Waals surface area contributed by atoms with Gasteiger partial charge in [-0.2, -0.15) is 0 Å². The summed E-state index contributed by atoms with van der Waals surface area (Å²) in [6, 6.07) is 14.0. The van der Waals surface area contributed by atoms with Crippen LogP contribution in [-0.2, 0) is 15.8 Å². The van der Waals surface area contributed by atoms with Gasteiger partial charge in [-0.1, -0.05) is 30.3 Å². The van der Waals surface area contributed by atoms with Crippen LogP contribution in [0, 0.1) is 12.7 Å². The fourth-order valence-corrected chi connectivity index (χ4v) is 3.65. The summed E-state index contributed by atoms with van der Waals surface area (Å²) in [5.41, 5.74) is 2.40. The highest BCUT2D eigenvalue weighted by Gasteiger charge is 2.14. The van der Waals surface area contributed by atoms with Gasteiger partial charge in [0.15, 0.2) is 0 Å². The highest BCUT2D eigenvalue weighted by molar-refractivity contribution is 7.88. The normalized spacial score (nSPS) is 11.5. The molecule has 1 N–H and O–H groups in total. The van der Waals surface area contributed by atoms with Crippen molar-refractivity contribution in [2.45, 2.75) is 19.6 Å². The molecule has 24 heavy (non-hydrogen) atoms. The standard InChI is InChI=1S/C18H23FN2O2S/c1-3-21(17-9-6-7-15(2)13-17)12-11-20-24(22,23)14-16-8-4-5-10-18(16)19/h4-10,13,20H,3,11-12,14H2,1-2H3. The topological polar surface area (TPSA) is 49.4 Å². The van der Waals surface area contributed by atoms with E-state index in [9.17, 15) is 12.8 Å². The minimum atomic E-state index is -3.57. The number of hydrogen-bond donors (Lipinski definition) is 1. The first-order valence-corrected chi connectivity index (χ1v) is 9.59. The van der Waals surface area contributed by atoms with Gasteiger partial charge in [0, 0.05) is 30.9 Å². The Balaban J connectivity index is 1.93. The molecular weight excluding hydrogens is 327 g/mol. The first-order chi connectivity index (χ1) is 11.4. The number of sulfonamides is 1. The molecular formula is C18H23FN2O2S. The summed E-state index contributed by atoms with van der Waals surface area (Å²) >= 11 is 0. The molecule has 0 aromatic heterocycles. The fraction of sp³-hybridized carbons (Fsp3) is 0.333. The number of nitrogens with zero attached hydrogens (tertiary/aromatic N) is 1. The molecule has 0 heterocycles. The van der Waals surface area contributed by atoms with Crippen molar-refractivity contribution in [3.63, 3.8) is 0 Å². The molecule has 0 radical (unpaired) electrons. The van der Waals surface area contributed by atoms with Gasteiger partial charge < -0.3 is 4.90 Å². The van der Waals surface area contributed by atoms with Gasteiger partial charge in [0.1, 0.15) is 5.82 Å². The van der Waals surface area contributed by atoms with Crippen LogP contribution in [0.1, 0.15) is 18.1 Å². The lowest BCUT2D eigenvalue weighted by molar-refractivity contribution is 0.574. The Morgan fingerprint density at radius 3 is 2.54 bits per heavy atom. The van der Waals surface area contributed by atoms with E-state index in [1.165, 1.54) is 12.1 Å². The van der Waals surface area contributed by atoms with Crippen LogP contribution in [0.4, 0.5) is 10.1 Å². The minimum absolute atomic E-state index is 0.177. The van der Waals surface area contributed by atoms with Gasteiger partial charge in [-0.15, -0.1) is 0 Å². The van der Waals surface area contributed by atoms with Gasteiger partial charge in [0.25, 0.3) is 0 Å². The third-order valence-corrected chi connectivity index (χ3v) is 5.09. The zero-order valence-electron chi connectivity index (χ0n) is 14.0. The molecule has 2 aromatic carbocycles. The second kappa shape index (κ2) is 8.26. The van der Waals surface area contributed by atoms with E-state index in [0.29, 0.717) is 6.54 Å². The van der Waals surface area contributed by atoms with Crippen LogP contribution < -0.4 is 9.62 Å². The van der Waals surface area contributed by atoms with E-state index in [4.69, 9.17) is 0 Å². The number of aryl methyl sites for hydroxylation is 1. The summed E-state index contributed by atoms with van der Waals surface area (Å²) in [5, 5.41) is 0. The molecule has 0 atom stereocenters. The van der Waals surface area contributed by atoms with E-state index < -0.39 is 15.8 Å². The number of nitrogens with one attached hydrogen (secondary N) is 1. The summed E-state index contributed by atoms with van der Waals surface area (Å²) in [4.78, 5) is 2.10. The minimum Gasteiger partial charge on any atom is -0.370 e. The molecule has 0 saturated heterocycles. The second-order valence-corrected chi connectivity index (χ2v) is 7.47. The predicted molar refractivity (Wildman–Crippen MR) is 96.1 cm³/mol. The maximum absolute atomic E-state index is 13.6. The number of anilines is 1. The Morgan fingerprint density at radius 2 is 1.88 bits per heavy atom. The van der Waals surface area contributed by atoms with E-state index in [1.54, 1.807) is 12.1 Å². The molecule has 4 nitrogen and oxygen atoms in total. The van der Waals surface area contributed by atoms with Gasteiger partial charge >= 0.3 is 0 Å². The SMILES string of the molecule is CCN(CCNS(=O)(=O)Cc1ccccc1F)c1cccc(C)c1. The molecule has 0 saturated carbocycles. The largest absolute Gasteiger partial charge is 0.370 e. The Labute approximate surface area is 143 Å². The molecule has 2 rings (SSSR count). The van der Waals surface area contributed by atoms with E-state index in [0.717, 1.165) is 17.8 Å². The average Bonchev–Trinajstić information content (AvgIpc) is 2.53. The maximum Gasteiger partial charge on any atom is 0.215 e. The number of benzene rings is 2. The summed E-state index contributed by atoms with van der Waals surface area (Å²) in [5.74, 6) is -0.853. The van der Waals surface area contributed by atoms with Gasteiger partial charge in [-0.05, 0) is 37.6 Å². The maximum atomic E-state index is 13.6. The molecule has 0 aliphatic rings. The van der Waals surface area contributed by atoms with Crippen LogP contribution in [-0.4, -0.2) is 28.1 Å². The van der Waals surface area contributed by atoms with Crippen LogP contribution >= 0.6 is 0 Å². The van der Waals surface area contributed by atoms with Crippen molar-refractivity contribution in [1.29, 1.82) is 0 Å². The molecule has 0 aliphatic heterocycles. The number of hydrogen-bond acceptors (Lipinski definition) is 3. The van der Waals surface area contributed by atoms with Gasteiger partial charge in [0.2, 0.25) is 10.0 Å². The van der Waals surface area contributed by atoms with E-state index >= 15 is 0 Å². The summed E-state index contributed by atoms with van der Waals surface area (Å²) in [6.07, 6.45) is 0. The Morgan fingerprint density at radius 1 is 1.12 bits per heavy atom. The smallest absolute Gasteiger partial charge is 0.215 e. The Bertz CT molecular complexity index is 778. The third-order valence-electron chi connectivity index (χ3n) is 3.76. The van der Waals surface area contributed by atoms with Crippen molar-refractivity contribution in [3.05, 3.63) is 65.5 Å². The van der Waals surface area contributed by atoms with Crippen molar-refractivity contribution >= 4 is 15.7 Å². The molecule has 130 valence electrons. The van der Waals surface area contributed by atoms with E-state index in [2.05, 4.69) is 15.7 Å². The van der Waals surface area contributed by atoms with Crippen LogP contribution in [0.3, 0.4) is 0 Å². The van der Waals surface area contributed by atoms with Crippen molar-refractivity contribution in [1.82, 2.24) is 4.72 Å². The number of likely N-dealkylation sites (N-methyl/N-ethyl adjacent to an activating group) is 1. The van der Waals surface area contributed by atoms with Crippen LogP contribution in [0.2, 0.25) is 0 Å². The quantitative estimate of drug-likeness (QED) is 0.796. The molecule has 2 aromatic rings. The second-order valence-electron chi connectivity index (χ2n) is 5.66. The van der Waals surface area contributed by atoms with Crippen LogP contribution in [0.15, 0.2) is 48.5 Å². The average molecular weight is 350 g/mol. The summed E-state index contributed by atoms with van der Waals surface area (Å²) in [7, 11) is -3.57. The molecule has 0 amide bonds. The lowest BCUT2D eigenvalue weighted by atomic mass is 10.2. The van der Waals surface area contributed by atoms with Crippen molar-refractivity contribution in [2.75, 3.05) is 24.5 Å². The fourth-order valence-electron chi connectivity index (χ4n) is 2.50. The number of halogens is 1. The van der Waals surface area contributed by atoms with Crippen molar-refractivity contribution < 1.29 is 12.8 Å². The van der Waals surface area contributed by atoms with Crippen molar-refractivity contribution in [2.24, 2.45) is 0 Å². The first-order valence-electron chi connectivity index (χ1n) is 7.93. The first kappa shape index (κ1) is 18.4. The summed E-state index contributed by atoms with van der Waals surface area (Å²) in [6.45, 7) is 5.65. The Kier molecular flexibility index (Phi) is 6.34. The predicted octanol–water partition coefficient (Wildman–Crippen LogP) is 3.08. The van der Waals surface area contributed by atoms with Crippen LogP contribution in [0.5, 0.6) is 0 Å². The zero-order valence-corrected chi connectivity index (χ0v) is 14.8. The van der Waals surface area contributed by atoms with Gasteiger partial charge in [0.05, 0.1) is 5.75 Å². The molecule has 0 fully saturated rings. The van der Waals surface area contributed by atoms with Crippen LogP contribution in [0.25, 0.3) is 0 Å². The summed E-state index contributed by atoms with van der Waals surface area (Å²) < 4.78 is 40.4. The van der Waals surface area contributed by atoms with Crippen molar-refractivity contribution in [3.8, 4) is 0 Å². The lowest BCUT2D eigenvalue weighted by Gasteiger charge is -2.23.